The third kappa shape index (κ3) is 3.08. The molecule has 0 saturated carbocycles. The van der Waals surface area contributed by atoms with E-state index in [1.54, 1.807) is 4.90 Å². The van der Waals surface area contributed by atoms with Gasteiger partial charge in [0, 0.05) is 19.6 Å². The van der Waals surface area contributed by atoms with Crippen molar-refractivity contribution in [3.05, 3.63) is 35.4 Å². The normalized spacial score (nSPS) is 21.5. The molecule has 1 atom stereocenters. The molecule has 1 saturated heterocycles. The van der Waals surface area contributed by atoms with Crippen molar-refractivity contribution in [2.75, 3.05) is 13.1 Å². The highest BCUT2D eigenvalue weighted by molar-refractivity contribution is 5.82. The smallest absolute Gasteiger partial charge is 0.311 e. The molecule has 0 radical (unpaired) electrons. The topological polar surface area (TPSA) is 83.6 Å². The number of hydrogen-bond acceptors (Lipinski definition) is 3. The van der Waals surface area contributed by atoms with Gasteiger partial charge < -0.3 is 15.7 Å². The van der Waals surface area contributed by atoms with E-state index in [1.807, 2.05) is 31.2 Å². The van der Waals surface area contributed by atoms with E-state index in [0.29, 0.717) is 32.5 Å². The summed E-state index contributed by atoms with van der Waals surface area (Å²) >= 11 is 0. The molecule has 5 heteroatoms. The number of nitrogens with two attached hydrogens (primary N) is 1. The van der Waals surface area contributed by atoms with Gasteiger partial charge >= 0.3 is 5.97 Å². The Kier molecular flexibility index (Phi) is 4.63. The zero-order chi connectivity index (χ0) is 15.5. The van der Waals surface area contributed by atoms with Crippen LogP contribution in [0, 0.1) is 5.41 Å². The molecule has 0 bridgehead atoms. The molecule has 1 aliphatic heterocycles. The molecular weight excluding hydrogens is 268 g/mol. The lowest BCUT2D eigenvalue weighted by Gasteiger charge is -2.23. The fourth-order valence-electron chi connectivity index (χ4n) is 2.90. The number of hydrogen-bond donors (Lipinski definition) is 2. The Balaban J connectivity index is 2.07. The van der Waals surface area contributed by atoms with Crippen LogP contribution >= 0.6 is 0 Å². The number of carboxylic acid groups (broad SMARTS) is 1. The lowest BCUT2D eigenvalue weighted by Crippen LogP contribution is -2.37. The molecule has 1 aromatic carbocycles. The number of carboxylic acids is 1. The molecule has 114 valence electrons. The number of carbonyl (C=O) groups is 2. The molecule has 1 amide bonds. The summed E-state index contributed by atoms with van der Waals surface area (Å²) in [6.07, 6.45) is 1.36. The van der Waals surface area contributed by atoms with Gasteiger partial charge in [0.1, 0.15) is 0 Å². The predicted molar refractivity (Wildman–Crippen MR) is 79.6 cm³/mol. The Morgan fingerprint density at radius 2 is 2.00 bits per heavy atom. The lowest BCUT2D eigenvalue weighted by atomic mass is 9.84. The molecule has 5 nitrogen and oxygen atoms in total. The Hall–Kier alpha value is -1.88. The van der Waals surface area contributed by atoms with Gasteiger partial charge in [-0.15, -0.1) is 0 Å². The van der Waals surface area contributed by atoms with E-state index in [9.17, 15) is 14.7 Å². The largest absolute Gasteiger partial charge is 0.481 e. The van der Waals surface area contributed by atoms with Crippen LogP contribution in [0.1, 0.15) is 30.9 Å². The van der Waals surface area contributed by atoms with Crippen LogP contribution in [0.4, 0.5) is 0 Å². The Morgan fingerprint density at radius 1 is 1.33 bits per heavy atom. The first-order chi connectivity index (χ1) is 10.0. The van der Waals surface area contributed by atoms with Crippen LogP contribution in [0.15, 0.2) is 24.3 Å². The molecule has 0 aromatic heterocycles. The van der Waals surface area contributed by atoms with Crippen molar-refractivity contribution in [2.24, 2.45) is 11.1 Å². The average Bonchev–Trinajstić information content (AvgIpc) is 2.94. The van der Waals surface area contributed by atoms with E-state index in [4.69, 9.17) is 5.73 Å². The van der Waals surface area contributed by atoms with E-state index in [2.05, 4.69) is 0 Å². The lowest BCUT2D eigenvalue weighted by molar-refractivity contribution is -0.148. The molecule has 1 aliphatic rings. The van der Waals surface area contributed by atoms with Crippen LogP contribution in [0.3, 0.4) is 0 Å². The monoisotopic (exact) mass is 290 g/mol. The third-order valence-electron chi connectivity index (χ3n) is 4.52. The van der Waals surface area contributed by atoms with Crippen molar-refractivity contribution in [3.63, 3.8) is 0 Å². The first-order valence-electron chi connectivity index (χ1n) is 7.30. The maximum atomic E-state index is 12.4. The highest BCUT2D eigenvalue weighted by Crippen LogP contribution is 2.34. The van der Waals surface area contributed by atoms with Crippen molar-refractivity contribution in [1.29, 1.82) is 0 Å². The molecule has 1 aromatic rings. The van der Waals surface area contributed by atoms with Crippen LogP contribution in [0.2, 0.25) is 0 Å². The van der Waals surface area contributed by atoms with Gasteiger partial charge in [-0.2, -0.15) is 0 Å². The van der Waals surface area contributed by atoms with E-state index in [-0.39, 0.29) is 12.3 Å². The van der Waals surface area contributed by atoms with Crippen molar-refractivity contribution < 1.29 is 14.7 Å². The second-order valence-electron chi connectivity index (χ2n) is 5.65. The van der Waals surface area contributed by atoms with Gasteiger partial charge in [0.15, 0.2) is 0 Å². The zero-order valence-electron chi connectivity index (χ0n) is 12.3. The molecule has 0 spiro atoms. The molecule has 3 N–H and O–H groups in total. The van der Waals surface area contributed by atoms with Gasteiger partial charge in [-0.25, -0.2) is 0 Å². The van der Waals surface area contributed by atoms with Gasteiger partial charge in [-0.1, -0.05) is 31.2 Å². The second kappa shape index (κ2) is 6.26. The van der Waals surface area contributed by atoms with Crippen molar-refractivity contribution in [1.82, 2.24) is 4.90 Å². The number of rotatable bonds is 5. The fourth-order valence-corrected chi connectivity index (χ4v) is 2.90. The quantitative estimate of drug-likeness (QED) is 0.858. The summed E-state index contributed by atoms with van der Waals surface area (Å²) in [6.45, 7) is 3.09. The predicted octanol–water partition coefficient (Wildman–Crippen LogP) is 1.40. The van der Waals surface area contributed by atoms with Crippen LogP contribution in [-0.2, 0) is 22.6 Å². The van der Waals surface area contributed by atoms with Gasteiger partial charge in [0.25, 0.3) is 0 Å². The summed E-state index contributed by atoms with van der Waals surface area (Å²) in [4.78, 5) is 25.5. The SMILES string of the molecule is CCC1(C(=O)O)CCN(C(=O)Cc2ccccc2CN)C1. The fraction of sp³-hybridized carbons (Fsp3) is 0.500. The van der Waals surface area contributed by atoms with Gasteiger partial charge in [0.2, 0.25) is 5.91 Å². The van der Waals surface area contributed by atoms with E-state index in [0.717, 1.165) is 11.1 Å². The van der Waals surface area contributed by atoms with Gasteiger partial charge in [-0.05, 0) is 24.0 Å². The molecule has 1 heterocycles. The first-order valence-corrected chi connectivity index (χ1v) is 7.30. The standard InChI is InChI=1S/C16H22N2O3/c1-2-16(15(20)21)7-8-18(11-16)14(19)9-12-5-3-4-6-13(12)10-17/h3-6H,2,7-11,17H2,1H3,(H,20,21). The number of likely N-dealkylation sites (tertiary alicyclic amines) is 1. The highest BCUT2D eigenvalue weighted by Gasteiger charge is 2.44. The van der Waals surface area contributed by atoms with Crippen molar-refractivity contribution >= 4 is 11.9 Å². The minimum absolute atomic E-state index is 0.0209. The van der Waals surface area contributed by atoms with Crippen LogP contribution in [0.5, 0.6) is 0 Å². The van der Waals surface area contributed by atoms with Gasteiger partial charge in [-0.3, -0.25) is 9.59 Å². The summed E-state index contributed by atoms with van der Waals surface area (Å²) in [5.74, 6) is -0.824. The van der Waals surface area contributed by atoms with E-state index < -0.39 is 11.4 Å². The number of carbonyl (C=O) groups excluding carboxylic acids is 1. The number of nitrogens with zero attached hydrogens (tertiary/aromatic N) is 1. The Bertz CT molecular complexity index is 544. The van der Waals surface area contributed by atoms with Crippen molar-refractivity contribution in [2.45, 2.75) is 32.7 Å². The molecule has 1 unspecified atom stereocenters. The summed E-state index contributed by atoms with van der Waals surface area (Å²) in [7, 11) is 0. The number of aliphatic carboxylic acids is 1. The van der Waals surface area contributed by atoms with Crippen LogP contribution in [0.25, 0.3) is 0 Å². The second-order valence-corrected chi connectivity index (χ2v) is 5.65. The Morgan fingerprint density at radius 3 is 2.52 bits per heavy atom. The molecule has 1 fully saturated rings. The Labute approximate surface area is 124 Å². The number of benzene rings is 1. The van der Waals surface area contributed by atoms with Gasteiger partial charge in [0.05, 0.1) is 11.8 Å². The van der Waals surface area contributed by atoms with Crippen LogP contribution < -0.4 is 5.73 Å². The summed E-state index contributed by atoms with van der Waals surface area (Å²) in [5, 5.41) is 9.38. The highest BCUT2D eigenvalue weighted by atomic mass is 16.4. The third-order valence-corrected chi connectivity index (χ3v) is 4.52. The first kappa shape index (κ1) is 15.5. The van der Waals surface area contributed by atoms with Crippen LogP contribution in [-0.4, -0.2) is 35.0 Å². The average molecular weight is 290 g/mol. The minimum atomic E-state index is -0.803. The summed E-state index contributed by atoms with van der Waals surface area (Å²) < 4.78 is 0. The zero-order valence-corrected chi connectivity index (χ0v) is 12.3. The summed E-state index contributed by atoms with van der Waals surface area (Å²) in [6, 6.07) is 7.61. The van der Waals surface area contributed by atoms with E-state index in [1.165, 1.54) is 0 Å². The summed E-state index contributed by atoms with van der Waals surface area (Å²) in [5.41, 5.74) is 6.80. The number of amides is 1. The molecule has 21 heavy (non-hydrogen) atoms. The minimum Gasteiger partial charge on any atom is -0.481 e. The molecular formula is C16H22N2O3. The molecule has 2 rings (SSSR count). The maximum Gasteiger partial charge on any atom is 0.311 e. The van der Waals surface area contributed by atoms with Crippen molar-refractivity contribution in [3.8, 4) is 0 Å². The molecule has 0 aliphatic carbocycles. The van der Waals surface area contributed by atoms with E-state index >= 15 is 0 Å². The maximum absolute atomic E-state index is 12.4.